The minimum atomic E-state index is -0.372. The molecule has 0 spiro atoms. The van der Waals surface area contributed by atoms with E-state index in [4.69, 9.17) is 11.6 Å². The average molecular weight is 311 g/mol. The molecule has 6 heteroatoms. The lowest BCUT2D eigenvalue weighted by atomic mass is 9.96. The van der Waals surface area contributed by atoms with Crippen molar-refractivity contribution in [2.75, 3.05) is 19.3 Å². The molecule has 1 N–H and O–H groups in total. The van der Waals surface area contributed by atoms with Gasteiger partial charge in [-0.3, -0.25) is 4.79 Å². The number of phenolic OH excluding ortho intramolecular Hbond substituents is 1. The first-order chi connectivity index (χ1) is 9.51. The summed E-state index contributed by atoms with van der Waals surface area (Å²) in [6.45, 7) is 1.12. The lowest BCUT2D eigenvalue weighted by Crippen LogP contribution is -2.44. The molecule has 20 heavy (non-hydrogen) atoms. The number of halogens is 1. The number of thioether (sulfide) groups is 1. The molecular weight excluding hydrogens is 296 g/mol. The van der Waals surface area contributed by atoms with Crippen LogP contribution in [0.3, 0.4) is 0 Å². The summed E-state index contributed by atoms with van der Waals surface area (Å²) in [5.74, 6) is -0.146. The predicted molar refractivity (Wildman–Crippen MR) is 80.1 cm³/mol. The number of amides is 1. The lowest BCUT2D eigenvalue weighted by Gasteiger charge is -2.36. The van der Waals surface area contributed by atoms with Gasteiger partial charge in [0, 0.05) is 18.7 Å². The number of piperidine rings is 1. The van der Waals surface area contributed by atoms with E-state index in [0.29, 0.717) is 31.5 Å². The van der Waals surface area contributed by atoms with Gasteiger partial charge in [-0.05, 0) is 37.3 Å². The van der Waals surface area contributed by atoms with Crippen molar-refractivity contribution in [3.8, 4) is 11.8 Å². The van der Waals surface area contributed by atoms with E-state index < -0.39 is 0 Å². The average Bonchev–Trinajstić information content (AvgIpc) is 2.49. The van der Waals surface area contributed by atoms with Crippen LogP contribution in [0, 0.1) is 11.3 Å². The van der Waals surface area contributed by atoms with Gasteiger partial charge >= 0.3 is 0 Å². The summed E-state index contributed by atoms with van der Waals surface area (Å²) >= 11 is 7.37. The number of hydrogen-bond donors (Lipinski definition) is 1. The van der Waals surface area contributed by atoms with Gasteiger partial charge in [0.1, 0.15) is 10.5 Å². The first-order valence-electron chi connectivity index (χ1n) is 6.25. The van der Waals surface area contributed by atoms with Crippen molar-refractivity contribution in [1.29, 1.82) is 5.26 Å². The molecule has 0 unspecified atom stereocenters. The zero-order valence-electron chi connectivity index (χ0n) is 11.1. The van der Waals surface area contributed by atoms with E-state index in [1.807, 2.05) is 6.26 Å². The molecule has 0 saturated carbocycles. The number of phenols is 1. The number of carbonyl (C=O) groups excluding carboxylic acids is 1. The molecule has 1 saturated heterocycles. The number of carbonyl (C=O) groups is 1. The van der Waals surface area contributed by atoms with Crippen molar-refractivity contribution in [3.63, 3.8) is 0 Å². The second kappa shape index (κ2) is 5.94. The highest BCUT2D eigenvalue weighted by Crippen LogP contribution is 2.34. The van der Waals surface area contributed by atoms with Gasteiger partial charge in [-0.1, -0.05) is 11.6 Å². The lowest BCUT2D eigenvalue weighted by molar-refractivity contribution is 0.0716. The van der Waals surface area contributed by atoms with Gasteiger partial charge in [0.2, 0.25) is 0 Å². The van der Waals surface area contributed by atoms with Gasteiger partial charge in [0.05, 0.1) is 11.1 Å². The molecule has 106 valence electrons. The number of benzene rings is 1. The monoisotopic (exact) mass is 310 g/mol. The van der Waals surface area contributed by atoms with Crippen LogP contribution in [0.2, 0.25) is 5.02 Å². The van der Waals surface area contributed by atoms with Crippen molar-refractivity contribution < 1.29 is 9.90 Å². The van der Waals surface area contributed by atoms with Crippen molar-refractivity contribution in [3.05, 3.63) is 28.8 Å². The maximum atomic E-state index is 12.3. The fraction of sp³-hybridized carbons (Fsp3) is 0.429. The van der Waals surface area contributed by atoms with Crippen LogP contribution in [0.4, 0.5) is 0 Å². The molecule has 4 nitrogen and oxygen atoms in total. The fourth-order valence-corrected chi connectivity index (χ4v) is 3.12. The van der Waals surface area contributed by atoms with Gasteiger partial charge in [-0.25, -0.2) is 0 Å². The van der Waals surface area contributed by atoms with E-state index in [9.17, 15) is 15.2 Å². The number of likely N-dealkylation sites (tertiary alicyclic amines) is 1. The Morgan fingerprint density at radius 3 is 2.65 bits per heavy atom. The summed E-state index contributed by atoms with van der Waals surface area (Å²) < 4.78 is -0.372. The molecular formula is C14H15ClN2O2S. The number of rotatable bonds is 2. The second-order valence-corrected chi connectivity index (χ2v) is 6.37. The number of aromatic hydroxyl groups is 1. The van der Waals surface area contributed by atoms with Crippen LogP contribution in [-0.2, 0) is 0 Å². The summed E-state index contributed by atoms with van der Waals surface area (Å²) in [6.07, 6.45) is 3.27. The Bertz CT molecular complexity index is 563. The van der Waals surface area contributed by atoms with Crippen LogP contribution in [-0.4, -0.2) is 40.0 Å². The normalized spacial score (nSPS) is 17.6. The summed E-state index contributed by atoms with van der Waals surface area (Å²) in [5.41, 5.74) is 0.460. The first-order valence-corrected chi connectivity index (χ1v) is 7.86. The number of nitriles is 1. The first kappa shape index (κ1) is 15.0. The maximum Gasteiger partial charge on any atom is 0.253 e. The third kappa shape index (κ3) is 2.87. The number of hydrogen-bond acceptors (Lipinski definition) is 4. The summed E-state index contributed by atoms with van der Waals surface area (Å²) in [4.78, 5) is 14.1. The van der Waals surface area contributed by atoms with E-state index in [0.717, 1.165) is 0 Å². The van der Waals surface area contributed by atoms with E-state index in [-0.39, 0.29) is 21.4 Å². The van der Waals surface area contributed by atoms with Gasteiger partial charge in [-0.15, -0.1) is 11.8 Å². The molecule has 0 radical (unpaired) electrons. The molecule has 0 bridgehead atoms. The fourth-order valence-electron chi connectivity index (χ4n) is 2.26. The predicted octanol–water partition coefficient (Wildman–Crippen LogP) is 2.91. The molecule has 1 amide bonds. The third-order valence-electron chi connectivity index (χ3n) is 3.65. The molecule has 2 rings (SSSR count). The van der Waals surface area contributed by atoms with Gasteiger partial charge < -0.3 is 10.0 Å². The Morgan fingerprint density at radius 2 is 2.15 bits per heavy atom. The zero-order valence-corrected chi connectivity index (χ0v) is 12.7. The van der Waals surface area contributed by atoms with Crippen LogP contribution < -0.4 is 0 Å². The Morgan fingerprint density at radius 1 is 1.50 bits per heavy atom. The Hall–Kier alpha value is -1.38. The minimum Gasteiger partial charge on any atom is -0.506 e. The van der Waals surface area contributed by atoms with Crippen LogP contribution >= 0.6 is 23.4 Å². The SMILES string of the molecule is CSC1(C#N)CCN(C(=O)c2ccc(O)c(Cl)c2)CC1. The molecule has 0 aliphatic carbocycles. The van der Waals surface area contributed by atoms with Gasteiger partial charge in [0.25, 0.3) is 5.91 Å². The number of nitrogens with zero attached hydrogens (tertiary/aromatic N) is 2. The van der Waals surface area contributed by atoms with Gasteiger partial charge in [-0.2, -0.15) is 5.26 Å². The van der Waals surface area contributed by atoms with Crippen molar-refractivity contribution >= 4 is 29.3 Å². The van der Waals surface area contributed by atoms with E-state index in [2.05, 4.69) is 6.07 Å². The molecule has 0 aromatic heterocycles. The van der Waals surface area contributed by atoms with Crippen LogP contribution in [0.25, 0.3) is 0 Å². The zero-order chi connectivity index (χ0) is 14.8. The highest BCUT2D eigenvalue weighted by Gasteiger charge is 2.35. The summed E-state index contributed by atoms with van der Waals surface area (Å²) in [7, 11) is 0. The molecule has 1 fully saturated rings. The Labute approximate surface area is 127 Å². The highest BCUT2D eigenvalue weighted by molar-refractivity contribution is 8.00. The summed E-state index contributed by atoms with van der Waals surface area (Å²) in [5, 5.41) is 18.8. The smallest absolute Gasteiger partial charge is 0.253 e. The molecule has 1 heterocycles. The van der Waals surface area contributed by atoms with E-state index in [1.165, 1.54) is 12.1 Å². The molecule has 1 aromatic rings. The quantitative estimate of drug-likeness (QED) is 0.912. The Kier molecular flexibility index (Phi) is 4.46. The van der Waals surface area contributed by atoms with Crippen LogP contribution in [0.5, 0.6) is 5.75 Å². The molecule has 1 aromatic carbocycles. The van der Waals surface area contributed by atoms with Crippen LogP contribution in [0.15, 0.2) is 18.2 Å². The van der Waals surface area contributed by atoms with Crippen LogP contribution in [0.1, 0.15) is 23.2 Å². The van der Waals surface area contributed by atoms with E-state index >= 15 is 0 Å². The van der Waals surface area contributed by atoms with Gasteiger partial charge in [0.15, 0.2) is 0 Å². The van der Waals surface area contributed by atoms with Crippen molar-refractivity contribution in [2.24, 2.45) is 0 Å². The standard InChI is InChI=1S/C14H15ClN2O2S/c1-20-14(9-16)4-6-17(7-5-14)13(19)10-2-3-12(18)11(15)8-10/h2-3,8,18H,4-7H2,1H3. The molecule has 1 aliphatic rings. The third-order valence-corrected chi connectivity index (χ3v) is 5.23. The Balaban J connectivity index is 2.09. The topological polar surface area (TPSA) is 64.3 Å². The van der Waals surface area contributed by atoms with Crippen molar-refractivity contribution in [2.45, 2.75) is 17.6 Å². The van der Waals surface area contributed by atoms with E-state index in [1.54, 1.807) is 22.7 Å². The minimum absolute atomic E-state index is 0.0345. The maximum absolute atomic E-state index is 12.3. The molecule has 1 aliphatic heterocycles. The highest BCUT2D eigenvalue weighted by atomic mass is 35.5. The largest absolute Gasteiger partial charge is 0.506 e. The summed E-state index contributed by atoms with van der Waals surface area (Å²) in [6, 6.07) is 6.80. The van der Waals surface area contributed by atoms with Crippen molar-refractivity contribution in [1.82, 2.24) is 4.90 Å². The second-order valence-electron chi connectivity index (χ2n) is 4.77. The molecule has 0 atom stereocenters.